The van der Waals surface area contributed by atoms with Gasteiger partial charge < -0.3 is 9.30 Å². The summed E-state index contributed by atoms with van der Waals surface area (Å²) in [5.41, 5.74) is 5.19. The fraction of sp³-hybridized carbons (Fsp3) is 0.241. The highest BCUT2D eigenvalue weighted by atomic mass is 32.1. The number of amides is 2. The molecule has 7 nitrogen and oxygen atoms in total. The number of anilines is 1. The summed E-state index contributed by atoms with van der Waals surface area (Å²) in [7, 11) is 1.36. The summed E-state index contributed by atoms with van der Waals surface area (Å²) in [6.45, 7) is 8.10. The summed E-state index contributed by atoms with van der Waals surface area (Å²) in [4.78, 5) is 42.3. The van der Waals surface area contributed by atoms with Gasteiger partial charge in [-0.2, -0.15) is 0 Å². The Bertz CT molecular complexity index is 1440. The molecule has 37 heavy (non-hydrogen) atoms. The Kier molecular flexibility index (Phi) is 7.40. The van der Waals surface area contributed by atoms with Gasteiger partial charge >= 0.3 is 5.97 Å². The van der Waals surface area contributed by atoms with Crippen LogP contribution in [0.4, 0.5) is 5.69 Å². The first-order valence-corrected chi connectivity index (χ1v) is 12.5. The van der Waals surface area contributed by atoms with Crippen LogP contribution in [0.2, 0.25) is 0 Å². The third-order valence-corrected chi connectivity index (χ3v) is 6.92. The predicted octanol–water partition coefficient (Wildman–Crippen LogP) is 5.14. The second kappa shape index (κ2) is 10.5. The van der Waals surface area contributed by atoms with E-state index in [9.17, 15) is 14.4 Å². The van der Waals surface area contributed by atoms with Crippen molar-refractivity contribution in [2.75, 3.05) is 18.6 Å². The Hall–Kier alpha value is -4.04. The normalized spacial score (nSPS) is 15.1. The average Bonchev–Trinajstić information content (AvgIpc) is 3.17. The van der Waals surface area contributed by atoms with Gasteiger partial charge in [0.05, 0.1) is 18.4 Å². The quantitative estimate of drug-likeness (QED) is 0.197. The van der Waals surface area contributed by atoms with Crippen LogP contribution in [0.3, 0.4) is 0 Å². The van der Waals surface area contributed by atoms with Gasteiger partial charge in [0.1, 0.15) is 5.57 Å². The van der Waals surface area contributed by atoms with Gasteiger partial charge in [0, 0.05) is 23.6 Å². The number of rotatable bonds is 6. The molecule has 0 spiro atoms. The van der Waals surface area contributed by atoms with Crippen LogP contribution in [0.5, 0.6) is 0 Å². The molecule has 1 aliphatic rings. The minimum Gasteiger partial charge on any atom is -0.465 e. The number of carbonyl (C=O) groups is 3. The van der Waals surface area contributed by atoms with Gasteiger partial charge in [0.2, 0.25) is 0 Å². The highest BCUT2D eigenvalue weighted by molar-refractivity contribution is 7.80. The summed E-state index contributed by atoms with van der Waals surface area (Å²) in [6.07, 6.45) is 2.34. The molecule has 2 aromatic carbocycles. The van der Waals surface area contributed by atoms with Crippen molar-refractivity contribution in [1.29, 1.82) is 0 Å². The maximum absolute atomic E-state index is 13.6. The lowest BCUT2D eigenvalue weighted by atomic mass is 10.1. The number of carbonyl (C=O) groups excluding carboxylic acids is 3. The SMILES string of the molecule is CCCN1C(=O)/C(=C\c2cc(C)n(-c3cccc(C(=O)OC)c3C)c2C)C(=O)N(c2ccccc2)C1=S. The first kappa shape index (κ1) is 26.0. The molecule has 1 aromatic heterocycles. The van der Waals surface area contributed by atoms with Gasteiger partial charge in [-0.15, -0.1) is 0 Å². The Morgan fingerprint density at radius 3 is 2.35 bits per heavy atom. The van der Waals surface area contributed by atoms with Crippen LogP contribution >= 0.6 is 12.2 Å². The molecule has 0 unspecified atom stereocenters. The number of thiocarbonyl (C=S) groups is 1. The molecule has 4 rings (SSSR count). The van der Waals surface area contributed by atoms with Crippen molar-refractivity contribution in [3.8, 4) is 5.69 Å². The van der Waals surface area contributed by atoms with E-state index in [4.69, 9.17) is 17.0 Å². The van der Waals surface area contributed by atoms with Crippen molar-refractivity contribution in [2.24, 2.45) is 0 Å². The molecule has 0 atom stereocenters. The molecule has 0 bridgehead atoms. The molecular formula is C29H29N3O4S. The van der Waals surface area contributed by atoms with Gasteiger partial charge in [-0.3, -0.25) is 19.4 Å². The second-order valence-corrected chi connectivity index (χ2v) is 9.24. The van der Waals surface area contributed by atoms with E-state index in [2.05, 4.69) is 0 Å². The van der Waals surface area contributed by atoms with Crippen molar-refractivity contribution in [1.82, 2.24) is 9.47 Å². The average molecular weight is 516 g/mol. The van der Waals surface area contributed by atoms with Crippen molar-refractivity contribution >= 4 is 46.9 Å². The lowest BCUT2D eigenvalue weighted by molar-refractivity contribution is -0.127. The van der Waals surface area contributed by atoms with Gasteiger partial charge in [0.25, 0.3) is 11.8 Å². The predicted molar refractivity (Wildman–Crippen MR) is 148 cm³/mol. The van der Waals surface area contributed by atoms with Crippen LogP contribution in [-0.2, 0) is 14.3 Å². The molecule has 190 valence electrons. The van der Waals surface area contributed by atoms with E-state index in [1.807, 2.05) is 62.6 Å². The van der Waals surface area contributed by atoms with Crippen molar-refractivity contribution in [3.05, 3.63) is 88.2 Å². The fourth-order valence-corrected chi connectivity index (χ4v) is 5.02. The van der Waals surface area contributed by atoms with Crippen LogP contribution < -0.4 is 4.90 Å². The molecule has 0 saturated carbocycles. The van der Waals surface area contributed by atoms with Crippen LogP contribution in [0, 0.1) is 20.8 Å². The number of hydrogen-bond acceptors (Lipinski definition) is 5. The maximum atomic E-state index is 13.6. The number of aryl methyl sites for hydroxylation is 1. The Labute approximate surface area is 221 Å². The Balaban J connectivity index is 1.84. The lowest BCUT2D eigenvalue weighted by Crippen LogP contribution is -2.56. The molecule has 1 aliphatic heterocycles. The largest absolute Gasteiger partial charge is 0.465 e. The van der Waals surface area contributed by atoms with Gasteiger partial charge in [-0.1, -0.05) is 31.2 Å². The molecule has 1 fully saturated rings. The molecule has 3 aromatic rings. The lowest BCUT2D eigenvalue weighted by Gasteiger charge is -2.36. The van der Waals surface area contributed by atoms with E-state index in [1.165, 1.54) is 16.9 Å². The second-order valence-electron chi connectivity index (χ2n) is 8.88. The number of benzene rings is 2. The monoisotopic (exact) mass is 515 g/mol. The van der Waals surface area contributed by atoms with Crippen molar-refractivity contribution < 1.29 is 19.1 Å². The fourth-order valence-electron chi connectivity index (χ4n) is 4.66. The molecular weight excluding hydrogens is 486 g/mol. The third kappa shape index (κ3) is 4.60. The number of aromatic nitrogens is 1. The van der Waals surface area contributed by atoms with Crippen molar-refractivity contribution in [2.45, 2.75) is 34.1 Å². The third-order valence-electron chi connectivity index (χ3n) is 6.51. The summed E-state index contributed by atoms with van der Waals surface area (Å²) in [5, 5.41) is 0.181. The zero-order valence-electron chi connectivity index (χ0n) is 21.6. The molecule has 0 aliphatic carbocycles. The molecule has 8 heteroatoms. The topological polar surface area (TPSA) is 71.9 Å². The summed E-state index contributed by atoms with van der Waals surface area (Å²) in [5.74, 6) is -1.27. The van der Waals surface area contributed by atoms with E-state index in [-0.39, 0.29) is 10.7 Å². The van der Waals surface area contributed by atoms with Gasteiger partial charge in [-0.25, -0.2) is 4.79 Å². The first-order valence-electron chi connectivity index (χ1n) is 12.1. The van der Waals surface area contributed by atoms with Gasteiger partial charge in [0.15, 0.2) is 5.11 Å². The van der Waals surface area contributed by atoms with Crippen LogP contribution in [0.1, 0.15) is 46.2 Å². The minimum absolute atomic E-state index is 0.0474. The van der Waals surface area contributed by atoms with Crippen LogP contribution in [0.25, 0.3) is 11.8 Å². The molecule has 1 saturated heterocycles. The summed E-state index contributed by atoms with van der Waals surface area (Å²) in [6, 6.07) is 16.5. The smallest absolute Gasteiger partial charge is 0.338 e. The first-order chi connectivity index (χ1) is 17.7. The van der Waals surface area contributed by atoms with Crippen molar-refractivity contribution in [3.63, 3.8) is 0 Å². The van der Waals surface area contributed by atoms with E-state index < -0.39 is 17.8 Å². The molecule has 0 N–H and O–H groups in total. The number of methoxy groups -OCH3 is 1. The van der Waals surface area contributed by atoms with E-state index in [1.54, 1.807) is 30.3 Å². The van der Waals surface area contributed by atoms with E-state index in [0.29, 0.717) is 24.2 Å². The maximum Gasteiger partial charge on any atom is 0.338 e. The molecule has 0 radical (unpaired) electrons. The van der Waals surface area contributed by atoms with E-state index in [0.717, 1.165) is 28.2 Å². The highest BCUT2D eigenvalue weighted by Crippen LogP contribution is 2.30. The minimum atomic E-state index is -0.456. The van der Waals surface area contributed by atoms with Gasteiger partial charge in [-0.05, 0) is 86.9 Å². The number of nitrogens with zero attached hydrogens (tertiary/aromatic N) is 3. The molecule has 2 heterocycles. The highest BCUT2D eigenvalue weighted by Gasteiger charge is 2.40. The molecule has 2 amide bonds. The Morgan fingerprint density at radius 2 is 1.70 bits per heavy atom. The van der Waals surface area contributed by atoms with Crippen LogP contribution in [0.15, 0.2) is 60.2 Å². The number of esters is 1. The van der Waals surface area contributed by atoms with E-state index >= 15 is 0 Å². The number of hydrogen-bond donors (Lipinski definition) is 0. The summed E-state index contributed by atoms with van der Waals surface area (Å²) >= 11 is 5.58. The number of ether oxygens (including phenoxy) is 1. The number of para-hydroxylation sites is 1. The summed E-state index contributed by atoms with van der Waals surface area (Å²) < 4.78 is 6.94. The van der Waals surface area contributed by atoms with Crippen LogP contribution in [-0.4, -0.2) is 46.0 Å². The zero-order valence-corrected chi connectivity index (χ0v) is 22.4. The zero-order chi connectivity index (χ0) is 26.9. The standard InChI is InChI=1S/C29H29N3O4S/c1-6-15-30-26(33)24(27(34)32(29(30)37)22-11-8-7-9-12-22)17-21-16-18(2)31(20(21)4)25-14-10-13-23(19(25)3)28(35)36-5/h7-14,16-17H,6,15H2,1-5H3/b24-17+. The Morgan fingerprint density at radius 1 is 1.00 bits per heavy atom.